The number of hydrogen-bond acceptors (Lipinski definition) is 3. The first-order chi connectivity index (χ1) is 12.5. The van der Waals surface area contributed by atoms with Crippen molar-refractivity contribution in [3.05, 3.63) is 0 Å². The molecular weight excluding hydrogens is 326 g/mol. The Labute approximate surface area is 162 Å². The Balaban J connectivity index is 3.41. The van der Waals surface area contributed by atoms with Crippen LogP contribution < -0.4 is 0 Å². The summed E-state index contributed by atoms with van der Waals surface area (Å²) in [5, 5.41) is 0. The van der Waals surface area contributed by atoms with Gasteiger partial charge in [-0.1, -0.05) is 84.0 Å². The van der Waals surface area contributed by atoms with Gasteiger partial charge in [-0.3, -0.25) is 9.59 Å². The monoisotopic (exact) mass is 369 g/mol. The third-order valence-electron chi connectivity index (χ3n) is 4.65. The zero-order valence-corrected chi connectivity index (χ0v) is 17.9. The second kappa shape index (κ2) is 17.4. The van der Waals surface area contributed by atoms with Crippen LogP contribution in [0, 0.1) is 0 Å². The van der Waals surface area contributed by atoms with E-state index in [1.165, 1.54) is 75.5 Å². The van der Waals surface area contributed by atoms with Crippen molar-refractivity contribution in [1.82, 2.24) is 4.90 Å². The van der Waals surface area contributed by atoms with Crippen molar-refractivity contribution >= 4 is 11.9 Å². The van der Waals surface area contributed by atoms with Crippen molar-refractivity contribution in [2.24, 2.45) is 0 Å². The van der Waals surface area contributed by atoms with Gasteiger partial charge in [0.25, 0.3) is 0 Å². The molecule has 0 spiro atoms. The van der Waals surface area contributed by atoms with Crippen LogP contribution in [-0.2, 0) is 14.3 Å². The van der Waals surface area contributed by atoms with Crippen molar-refractivity contribution in [1.29, 1.82) is 0 Å². The number of likely N-dealkylation sites (N-methyl/N-ethyl adjacent to an activating group) is 1. The summed E-state index contributed by atoms with van der Waals surface area (Å²) < 4.78 is 5.06. The Morgan fingerprint density at radius 1 is 0.769 bits per heavy atom. The minimum Gasteiger partial charge on any atom is -0.462 e. The van der Waals surface area contributed by atoms with Crippen LogP contribution in [0.25, 0.3) is 0 Å². The lowest BCUT2D eigenvalue weighted by Crippen LogP contribution is -2.33. The summed E-state index contributed by atoms with van der Waals surface area (Å²) in [6.45, 7) is 5.94. The SMILES string of the molecule is CCCCCCCCCCCCCCCC(=O)N(C)CC(=O)OC(C)C. The van der Waals surface area contributed by atoms with Crippen LogP contribution in [0.3, 0.4) is 0 Å². The molecule has 0 unspecified atom stereocenters. The molecule has 4 heteroatoms. The summed E-state index contributed by atoms with van der Waals surface area (Å²) in [4.78, 5) is 25.0. The Hall–Kier alpha value is -1.06. The molecule has 0 aliphatic heterocycles. The number of nitrogens with zero attached hydrogens (tertiary/aromatic N) is 1. The Morgan fingerprint density at radius 3 is 1.62 bits per heavy atom. The highest BCUT2D eigenvalue weighted by molar-refractivity contribution is 5.81. The molecule has 0 saturated carbocycles. The van der Waals surface area contributed by atoms with E-state index in [2.05, 4.69) is 6.92 Å². The van der Waals surface area contributed by atoms with Crippen LogP contribution in [0.2, 0.25) is 0 Å². The van der Waals surface area contributed by atoms with Gasteiger partial charge in [-0.15, -0.1) is 0 Å². The van der Waals surface area contributed by atoms with E-state index in [0.717, 1.165) is 12.8 Å². The normalized spacial score (nSPS) is 11.0. The quantitative estimate of drug-likeness (QED) is 0.238. The highest BCUT2D eigenvalue weighted by Gasteiger charge is 2.14. The highest BCUT2D eigenvalue weighted by atomic mass is 16.5. The predicted octanol–water partition coefficient (Wildman–Crippen LogP) is 5.88. The van der Waals surface area contributed by atoms with Gasteiger partial charge in [0, 0.05) is 13.5 Å². The fourth-order valence-corrected chi connectivity index (χ4v) is 3.07. The summed E-state index contributed by atoms with van der Waals surface area (Å²) in [6, 6.07) is 0. The highest BCUT2D eigenvalue weighted by Crippen LogP contribution is 2.13. The van der Waals surface area contributed by atoms with Crippen LogP contribution in [-0.4, -0.2) is 36.5 Å². The second-order valence-electron chi connectivity index (χ2n) is 7.78. The third-order valence-corrected chi connectivity index (χ3v) is 4.65. The molecule has 0 N–H and O–H groups in total. The number of rotatable bonds is 17. The molecule has 154 valence electrons. The van der Waals surface area contributed by atoms with E-state index < -0.39 is 0 Å². The zero-order chi connectivity index (χ0) is 19.6. The van der Waals surface area contributed by atoms with Crippen molar-refractivity contribution in [3.63, 3.8) is 0 Å². The minimum atomic E-state index is -0.332. The fourth-order valence-electron chi connectivity index (χ4n) is 3.07. The van der Waals surface area contributed by atoms with E-state index >= 15 is 0 Å². The van der Waals surface area contributed by atoms with Gasteiger partial charge in [-0.05, 0) is 20.3 Å². The second-order valence-corrected chi connectivity index (χ2v) is 7.78. The lowest BCUT2D eigenvalue weighted by Gasteiger charge is -2.17. The standard InChI is InChI=1S/C22H43NO3/c1-5-6-7-8-9-10-11-12-13-14-15-16-17-18-21(24)23(4)19-22(25)26-20(2)3/h20H,5-19H2,1-4H3. The average molecular weight is 370 g/mol. The summed E-state index contributed by atoms with van der Waals surface area (Å²) in [5.74, 6) is -0.296. The van der Waals surface area contributed by atoms with Gasteiger partial charge in [0.05, 0.1) is 6.10 Å². The maximum atomic E-state index is 12.0. The van der Waals surface area contributed by atoms with Crippen molar-refractivity contribution in [2.45, 2.75) is 117 Å². The average Bonchev–Trinajstić information content (AvgIpc) is 2.57. The number of ether oxygens (including phenoxy) is 1. The van der Waals surface area contributed by atoms with Crippen LogP contribution in [0.4, 0.5) is 0 Å². The van der Waals surface area contributed by atoms with Gasteiger partial charge in [-0.2, -0.15) is 0 Å². The first-order valence-electron chi connectivity index (χ1n) is 10.9. The lowest BCUT2D eigenvalue weighted by molar-refractivity contribution is -0.151. The van der Waals surface area contributed by atoms with Gasteiger partial charge in [0.15, 0.2) is 0 Å². The smallest absolute Gasteiger partial charge is 0.325 e. The number of hydrogen-bond donors (Lipinski definition) is 0. The summed E-state index contributed by atoms with van der Waals surface area (Å²) in [7, 11) is 1.67. The molecule has 0 aliphatic carbocycles. The molecule has 0 aliphatic rings. The van der Waals surface area contributed by atoms with E-state index in [9.17, 15) is 9.59 Å². The predicted molar refractivity (Wildman–Crippen MR) is 109 cm³/mol. The van der Waals surface area contributed by atoms with Crippen molar-refractivity contribution in [2.75, 3.05) is 13.6 Å². The lowest BCUT2D eigenvalue weighted by atomic mass is 10.0. The van der Waals surface area contributed by atoms with Crippen molar-refractivity contribution in [3.8, 4) is 0 Å². The molecular formula is C22H43NO3. The van der Waals surface area contributed by atoms with Gasteiger partial charge in [0.1, 0.15) is 6.54 Å². The molecule has 0 aromatic heterocycles. The van der Waals surface area contributed by atoms with E-state index in [1.807, 2.05) is 13.8 Å². The topological polar surface area (TPSA) is 46.6 Å². The molecule has 0 heterocycles. The molecule has 0 fully saturated rings. The molecule has 0 saturated heterocycles. The Kier molecular flexibility index (Phi) is 16.7. The molecule has 0 atom stereocenters. The first-order valence-corrected chi connectivity index (χ1v) is 10.9. The summed E-state index contributed by atoms with van der Waals surface area (Å²) >= 11 is 0. The van der Waals surface area contributed by atoms with Crippen LogP contribution >= 0.6 is 0 Å². The van der Waals surface area contributed by atoms with Crippen LogP contribution in [0.15, 0.2) is 0 Å². The zero-order valence-electron chi connectivity index (χ0n) is 17.9. The van der Waals surface area contributed by atoms with Gasteiger partial charge in [0.2, 0.25) is 5.91 Å². The van der Waals surface area contributed by atoms with Crippen LogP contribution in [0.5, 0.6) is 0 Å². The summed E-state index contributed by atoms with van der Waals surface area (Å²) in [5.41, 5.74) is 0. The minimum absolute atomic E-state index is 0.0359. The largest absolute Gasteiger partial charge is 0.462 e. The Morgan fingerprint density at radius 2 is 1.19 bits per heavy atom. The maximum absolute atomic E-state index is 12.0. The molecule has 0 bridgehead atoms. The summed E-state index contributed by atoms with van der Waals surface area (Å²) in [6.07, 6.45) is 17.3. The fraction of sp³-hybridized carbons (Fsp3) is 0.909. The van der Waals surface area contributed by atoms with E-state index in [0.29, 0.717) is 6.42 Å². The number of amides is 1. The van der Waals surface area contributed by atoms with E-state index in [4.69, 9.17) is 4.74 Å². The number of esters is 1. The Bertz CT molecular complexity index is 355. The molecule has 0 rings (SSSR count). The molecule has 26 heavy (non-hydrogen) atoms. The molecule has 4 nitrogen and oxygen atoms in total. The molecule has 1 amide bonds. The van der Waals surface area contributed by atoms with E-state index in [1.54, 1.807) is 7.05 Å². The van der Waals surface area contributed by atoms with E-state index in [-0.39, 0.29) is 24.5 Å². The number of carbonyl (C=O) groups excluding carboxylic acids is 2. The first kappa shape index (κ1) is 24.9. The maximum Gasteiger partial charge on any atom is 0.325 e. The number of carbonyl (C=O) groups is 2. The van der Waals surface area contributed by atoms with Crippen LogP contribution in [0.1, 0.15) is 111 Å². The molecule has 0 aromatic rings. The molecule has 0 radical (unpaired) electrons. The third kappa shape index (κ3) is 16.4. The van der Waals surface area contributed by atoms with Crippen molar-refractivity contribution < 1.29 is 14.3 Å². The number of unbranched alkanes of at least 4 members (excludes halogenated alkanes) is 12. The van der Waals surface area contributed by atoms with Gasteiger partial charge >= 0.3 is 5.97 Å². The van der Waals surface area contributed by atoms with Gasteiger partial charge < -0.3 is 9.64 Å². The molecule has 0 aromatic carbocycles. The van der Waals surface area contributed by atoms with Gasteiger partial charge in [-0.25, -0.2) is 0 Å².